The summed E-state index contributed by atoms with van der Waals surface area (Å²) in [6.45, 7) is 0.191. The van der Waals surface area contributed by atoms with Crippen LogP contribution in [-0.2, 0) is 0 Å². The molecule has 0 aliphatic heterocycles. The standard InChI is InChI=1S/C9H10BrNO.C7H10O/c10-7-4-5-9(11-6-7)12-8-2-1-3-8;8-6-7-4-2-1-3-5-7/h4-6,8H,1-3H2;2,4-5,8H,1,3,6H2. The molecule has 20 heavy (non-hydrogen) atoms. The molecular formula is C16H20BrNO2. The Kier molecular flexibility index (Phi) is 6.27. The first-order valence-corrected chi connectivity index (χ1v) is 7.82. The van der Waals surface area contributed by atoms with Crippen LogP contribution in [0.2, 0.25) is 0 Å². The van der Waals surface area contributed by atoms with E-state index in [4.69, 9.17) is 9.84 Å². The van der Waals surface area contributed by atoms with Gasteiger partial charge < -0.3 is 9.84 Å². The van der Waals surface area contributed by atoms with E-state index >= 15 is 0 Å². The second kappa shape index (κ2) is 8.22. The second-order valence-electron chi connectivity index (χ2n) is 4.90. The minimum absolute atomic E-state index is 0.191. The molecule has 1 N–H and O–H groups in total. The van der Waals surface area contributed by atoms with Gasteiger partial charge in [-0.05, 0) is 59.7 Å². The highest BCUT2D eigenvalue weighted by atomic mass is 79.9. The van der Waals surface area contributed by atoms with Crippen LogP contribution in [0.3, 0.4) is 0 Å². The van der Waals surface area contributed by atoms with Gasteiger partial charge in [-0.15, -0.1) is 0 Å². The molecule has 0 atom stereocenters. The first kappa shape index (κ1) is 15.3. The molecule has 0 unspecified atom stereocenters. The van der Waals surface area contributed by atoms with Gasteiger partial charge in [0.2, 0.25) is 5.88 Å². The molecule has 3 rings (SSSR count). The van der Waals surface area contributed by atoms with E-state index in [-0.39, 0.29) is 6.61 Å². The zero-order valence-electron chi connectivity index (χ0n) is 11.5. The van der Waals surface area contributed by atoms with Gasteiger partial charge in [0.05, 0.1) is 6.61 Å². The third kappa shape index (κ3) is 5.10. The lowest BCUT2D eigenvalue weighted by Gasteiger charge is -2.25. The van der Waals surface area contributed by atoms with Gasteiger partial charge in [0.25, 0.3) is 0 Å². The number of ether oxygens (including phenoxy) is 1. The Morgan fingerprint density at radius 1 is 1.30 bits per heavy atom. The number of pyridine rings is 1. The molecule has 0 aromatic carbocycles. The highest BCUT2D eigenvalue weighted by molar-refractivity contribution is 9.10. The third-order valence-corrected chi connectivity index (χ3v) is 3.76. The van der Waals surface area contributed by atoms with E-state index in [2.05, 4.69) is 33.1 Å². The lowest BCUT2D eigenvalue weighted by Crippen LogP contribution is -2.24. The quantitative estimate of drug-likeness (QED) is 0.905. The maximum absolute atomic E-state index is 8.57. The van der Waals surface area contributed by atoms with Crippen LogP contribution >= 0.6 is 15.9 Å². The Balaban J connectivity index is 0.000000160. The van der Waals surface area contributed by atoms with Gasteiger partial charge in [-0.3, -0.25) is 0 Å². The first-order chi connectivity index (χ1) is 9.78. The van der Waals surface area contributed by atoms with E-state index < -0.39 is 0 Å². The van der Waals surface area contributed by atoms with Crippen molar-refractivity contribution in [2.24, 2.45) is 0 Å². The maximum Gasteiger partial charge on any atom is 0.213 e. The Morgan fingerprint density at radius 2 is 2.15 bits per heavy atom. The summed E-state index contributed by atoms with van der Waals surface area (Å²) in [5.74, 6) is 0.739. The molecule has 1 fully saturated rings. The molecule has 108 valence electrons. The van der Waals surface area contributed by atoms with E-state index in [9.17, 15) is 0 Å². The molecule has 0 bridgehead atoms. The average Bonchev–Trinajstić information content (AvgIpc) is 2.46. The summed E-state index contributed by atoms with van der Waals surface area (Å²) in [7, 11) is 0. The predicted octanol–water partition coefficient (Wildman–Crippen LogP) is 4.03. The van der Waals surface area contributed by atoms with Crippen molar-refractivity contribution in [1.29, 1.82) is 0 Å². The fourth-order valence-corrected chi connectivity index (χ4v) is 2.11. The lowest BCUT2D eigenvalue weighted by molar-refractivity contribution is 0.114. The second-order valence-corrected chi connectivity index (χ2v) is 5.82. The van der Waals surface area contributed by atoms with Crippen molar-refractivity contribution in [2.45, 2.75) is 38.2 Å². The highest BCUT2D eigenvalue weighted by Crippen LogP contribution is 2.24. The van der Waals surface area contributed by atoms with Crippen LogP contribution in [0.15, 0.2) is 46.6 Å². The zero-order valence-corrected chi connectivity index (χ0v) is 13.1. The van der Waals surface area contributed by atoms with Crippen molar-refractivity contribution in [3.8, 4) is 5.88 Å². The summed E-state index contributed by atoms with van der Waals surface area (Å²) in [4.78, 5) is 4.13. The molecule has 3 nitrogen and oxygen atoms in total. The summed E-state index contributed by atoms with van der Waals surface area (Å²) in [6, 6.07) is 3.84. The van der Waals surface area contributed by atoms with Crippen molar-refractivity contribution in [3.05, 3.63) is 46.6 Å². The Bertz CT molecular complexity index is 464. The van der Waals surface area contributed by atoms with Crippen LogP contribution in [0.5, 0.6) is 5.88 Å². The molecule has 1 aromatic rings. The van der Waals surface area contributed by atoms with Gasteiger partial charge in [0.15, 0.2) is 0 Å². The molecule has 0 saturated heterocycles. The van der Waals surface area contributed by atoms with Crippen LogP contribution in [0.4, 0.5) is 0 Å². The minimum atomic E-state index is 0.191. The van der Waals surface area contributed by atoms with Gasteiger partial charge in [0, 0.05) is 16.7 Å². The topological polar surface area (TPSA) is 42.4 Å². The van der Waals surface area contributed by atoms with Crippen LogP contribution in [0, 0.1) is 0 Å². The van der Waals surface area contributed by atoms with Crippen molar-refractivity contribution in [1.82, 2.24) is 4.98 Å². The Morgan fingerprint density at radius 3 is 2.60 bits per heavy atom. The monoisotopic (exact) mass is 337 g/mol. The molecule has 2 aliphatic carbocycles. The number of aliphatic hydroxyl groups is 1. The van der Waals surface area contributed by atoms with Gasteiger partial charge in [0.1, 0.15) is 6.10 Å². The van der Waals surface area contributed by atoms with Gasteiger partial charge in [-0.25, -0.2) is 4.98 Å². The van der Waals surface area contributed by atoms with Gasteiger partial charge in [-0.2, -0.15) is 0 Å². The molecule has 4 heteroatoms. The number of halogens is 1. The van der Waals surface area contributed by atoms with Crippen LogP contribution in [-0.4, -0.2) is 22.8 Å². The fraction of sp³-hybridized carbons (Fsp3) is 0.438. The number of hydrogen-bond donors (Lipinski definition) is 1. The van der Waals surface area contributed by atoms with Crippen LogP contribution in [0.1, 0.15) is 32.1 Å². The van der Waals surface area contributed by atoms with E-state index in [0.29, 0.717) is 6.10 Å². The molecule has 1 aromatic heterocycles. The van der Waals surface area contributed by atoms with Crippen molar-refractivity contribution < 1.29 is 9.84 Å². The summed E-state index contributed by atoms with van der Waals surface area (Å²) in [6.07, 6.45) is 14.2. The van der Waals surface area contributed by atoms with Crippen LogP contribution < -0.4 is 4.74 Å². The number of hydrogen-bond acceptors (Lipinski definition) is 3. The number of rotatable bonds is 3. The average molecular weight is 338 g/mol. The van der Waals surface area contributed by atoms with E-state index in [0.717, 1.165) is 28.8 Å². The van der Waals surface area contributed by atoms with Crippen molar-refractivity contribution in [2.75, 3.05) is 6.61 Å². The Hall–Kier alpha value is -1.13. The summed E-state index contributed by atoms with van der Waals surface area (Å²) < 4.78 is 6.56. The predicted molar refractivity (Wildman–Crippen MR) is 83.7 cm³/mol. The minimum Gasteiger partial charge on any atom is -0.474 e. The normalized spacial score (nSPS) is 17.6. The molecule has 0 amide bonds. The number of nitrogens with zero attached hydrogens (tertiary/aromatic N) is 1. The summed E-state index contributed by atoms with van der Waals surface area (Å²) in [5.41, 5.74) is 1.05. The van der Waals surface area contributed by atoms with Gasteiger partial charge in [-0.1, -0.05) is 18.2 Å². The first-order valence-electron chi connectivity index (χ1n) is 7.02. The van der Waals surface area contributed by atoms with Crippen LogP contribution in [0.25, 0.3) is 0 Å². The molecule has 0 radical (unpaired) electrons. The molecule has 2 aliphatic rings. The SMILES string of the molecule is Brc1ccc(OC2CCC2)nc1.OCC1=CCCC=C1. The lowest BCUT2D eigenvalue weighted by atomic mass is 9.96. The number of allylic oxidation sites excluding steroid dienone is 2. The van der Waals surface area contributed by atoms with Crippen molar-refractivity contribution in [3.63, 3.8) is 0 Å². The molecular weight excluding hydrogens is 318 g/mol. The fourth-order valence-electron chi connectivity index (χ4n) is 1.88. The van der Waals surface area contributed by atoms with E-state index in [1.807, 2.05) is 18.2 Å². The number of aliphatic hydroxyl groups excluding tert-OH is 1. The smallest absolute Gasteiger partial charge is 0.213 e. The third-order valence-electron chi connectivity index (χ3n) is 3.29. The van der Waals surface area contributed by atoms with E-state index in [1.54, 1.807) is 6.20 Å². The summed E-state index contributed by atoms with van der Waals surface area (Å²) in [5, 5.41) is 8.57. The number of aromatic nitrogens is 1. The largest absolute Gasteiger partial charge is 0.474 e. The Labute approximate surface area is 128 Å². The van der Waals surface area contributed by atoms with Crippen molar-refractivity contribution >= 4 is 15.9 Å². The van der Waals surface area contributed by atoms with E-state index in [1.165, 1.54) is 19.3 Å². The zero-order chi connectivity index (χ0) is 14.2. The summed E-state index contributed by atoms with van der Waals surface area (Å²) >= 11 is 3.32. The molecule has 1 saturated carbocycles. The molecule has 0 spiro atoms. The maximum atomic E-state index is 8.57. The highest BCUT2D eigenvalue weighted by Gasteiger charge is 2.19. The van der Waals surface area contributed by atoms with Gasteiger partial charge >= 0.3 is 0 Å². The molecule has 1 heterocycles.